The minimum Gasteiger partial charge on any atom is -0.396 e. The van der Waals surface area contributed by atoms with Crippen molar-refractivity contribution in [3.8, 4) is 0 Å². The quantitative estimate of drug-likeness (QED) is 0.816. The lowest BCUT2D eigenvalue weighted by Crippen LogP contribution is -2.33. The molecule has 0 aromatic heterocycles. The van der Waals surface area contributed by atoms with Gasteiger partial charge in [0.25, 0.3) is 0 Å². The molecule has 4 nitrogen and oxygen atoms in total. The summed E-state index contributed by atoms with van der Waals surface area (Å²) in [5.41, 5.74) is 5.33. The summed E-state index contributed by atoms with van der Waals surface area (Å²) in [6, 6.07) is 2.27. The lowest BCUT2D eigenvalue weighted by atomic mass is 9.89. The standard InChI is InChI=1S/C14H20BrFN2O2S/c1-18(9-10-5-3-2-4-6-10)21(19,20)14-8-13(17)12(16)7-11(14)15/h7-8,10H,2-6,9,17H2,1H3. The van der Waals surface area contributed by atoms with E-state index in [2.05, 4.69) is 15.9 Å². The molecule has 0 atom stereocenters. The zero-order valence-electron chi connectivity index (χ0n) is 12.0. The first kappa shape index (κ1) is 16.7. The first-order chi connectivity index (χ1) is 9.82. The van der Waals surface area contributed by atoms with Gasteiger partial charge in [0.15, 0.2) is 0 Å². The fourth-order valence-corrected chi connectivity index (χ4v) is 5.00. The van der Waals surface area contributed by atoms with Gasteiger partial charge < -0.3 is 5.73 Å². The van der Waals surface area contributed by atoms with Crippen LogP contribution in [0.1, 0.15) is 32.1 Å². The first-order valence-electron chi connectivity index (χ1n) is 7.03. The van der Waals surface area contributed by atoms with Gasteiger partial charge in [-0.2, -0.15) is 0 Å². The summed E-state index contributed by atoms with van der Waals surface area (Å²) in [6.45, 7) is 0.492. The second-order valence-corrected chi connectivity index (χ2v) is 8.46. The monoisotopic (exact) mass is 378 g/mol. The second-order valence-electron chi connectivity index (χ2n) is 5.59. The molecule has 7 heteroatoms. The van der Waals surface area contributed by atoms with Crippen LogP contribution in [0.4, 0.5) is 10.1 Å². The third-order valence-corrected chi connectivity index (χ3v) is 6.76. The Morgan fingerprint density at radius 1 is 1.33 bits per heavy atom. The Balaban J connectivity index is 2.22. The van der Waals surface area contributed by atoms with Gasteiger partial charge in [-0.1, -0.05) is 19.3 Å². The summed E-state index contributed by atoms with van der Waals surface area (Å²) >= 11 is 3.11. The normalized spacial score (nSPS) is 17.3. The van der Waals surface area contributed by atoms with E-state index < -0.39 is 15.8 Å². The predicted molar refractivity (Wildman–Crippen MR) is 84.9 cm³/mol. The van der Waals surface area contributed by atoms with E-state index in [0.29, 0.717) is 12.5 Å². The molecular weight excluding hydrogens is 359 g/mol. The first-order valence-corrected chi connectivity index (χ1v) is 9.26. The Hall–Kier alpha value is -0.660. The Kier molecular flexibility index (Phi) is 5.27. The van der Waals surface area contributed by atoms with Gasteiger partial charge in [-0.15, -0.1) is 0 Å². The molecule has 2 rings (SSSR count). The molecule has 0 spiro atoms. The van der Waals surface area contributed by atoms with E-state index in [0.717, 1.165) is 31.7 Å². The van der Waals surface area contributed by atoms with Crippen molar-refractivity contribution in [3.05, 3.63) is 22.4 Å². The van der Waals surface area contributed by atoms with Crippen molar-refractivity contribution in [1.82, 2.24) is 4.31 Å². The van der Waals surface area contributed by atoms with Crippen LogP contribution in [0.15, 0.2) is 21.5 Å². The van der Waals surface area contributed by atoms with Crippen LogP contribution in [-0.2, 0) is 10.0 Å². The highest BCUT2D eigenvalue weighted by atomic mass is 79.9. The molecule has 0 amide bonds. The maximum Gasteiger partial charge on any atom is 0.244 e. The lowest BCUT2D eigenvalue weighted by Gasteiger charge is -2.27. The van der Waals surface area contributed by atoms with E-state index in [1.807, 2.05) is 0 Å². The number of anilines is 1. The molecule has 21 heavy (non-hydrogen) atoms. The van der Waals surface area contributed by atoms with E-state index in [-0.39, 0.29) is 15.1 Å². The smallest absolute Gasteiger partial charge is 0.244 e. The molecule has 2 N–H and O–H groups in total. The topological polar surface area (TPSA) is 63.4 Å². The Labute approximate surface area is 133 Å². The zero-order chi connectivity index (χ0) is 15.6. The van der Waals surface area contributed by atoms with Gasteiger partial charge in [-0.05, 0) is 46.8 Å². The third-order valence-electron chi connectivity index (χ3n) is 3.98. The van der Waals surface area contributed by atoms with Crippen LogP contribution >= 0.6 is 15.9 Å². The van der Waals surface area contributed by atoms with Gasteiger partial charge >= 0.3 is 0 Å². The van der Waals surface area contributed by atoms with Crippen molar-refractivity contribution in [1.29, 1.82) is 0 Å². The summed E-state index contributed by atoms with van der Waals surface area (Å²) < 4.78 is 40.1. The van der Waals surface area contributed by atoms with Gasteiger partial charge in [-0.3, -0.25) is 0 Å². The molecule has 1 saturated carbocycles. The van der Waals surface area contributed by atoms with Crippen LogP contribution in [0.2, 0.25) is 0 Å². The molecule has 0 unspecified atom stereocenters. The Bertz CT molecular complexity index is 616. The van der Waals surface area contributed by atoms with Gasteiger partial charge in [0, 0.05) is 18.1 Å². The van der Waals surface area contributed by atoms with E-state index >= 15 is 0 Å². The van der Waals surface area contributed by atoms with Crippen molar-refractivity contribution >= 4 is 31.6 Å². The number of benzene rings is 1. The van der Waals surface area contributed by atoms with Gasteiger partial charge in [0.2, 0.25) is 10.0 Å². The maximum atomic E-state index is 13.4. The van der Waals surface area contributed by atoms with Crippen molar-refractivity contribution in [2.24, 2.45) is 5.92 Å². The summed E-state index contributed by atoms with van der Waals surface area (Å²) in [4.78, 5) is 0.0136. The largest absolute Gasteiger partial charge is 0.396 e. The SMILES string of the molecule is CN(CC1CCCCC1)S(=O)(=O)c1cc(N)c(F)cc1Br. The summed E-state index contributed by atoms with van der Waals surface area (Å²) in [5.74, 6) is -0.231. The Morgan fingerprint density at radius 3 is 2.57 bits per heavy atom. The van der Waals surface area contributed by atoms with Crippen molar-refractivity contribution in [2.45, 2.75) is 37.0 Å². The molecule has 1 fully saturated rings. The van der Waals surface area contributed by atoms with Gasteiger partial charge in [-0.25, -0.2) is 17.1 Å². The minimum absolute atomic E-state index is 0.0136. The second kappa shape index (κ2) is 6.62. The molecule has 0 radical (unpaired) electrons. The number of hydrogen-bond acceptors (Lipinski definition) is 3. The van der Waals surface area contributed by atoms with E-state index in [4.69, 9.17) is 5.73 Å². The fourth-order valence-electron chi connectivity index (χ4n) is 2.74. The molecule has 0 heterocycles. The van der Waals surface area contributed by atoms with Crippen LogP contribution in [0.25, 0.3) is 0 Å². The van der Waals surface area contributed by atoms with Crippen LogP contribution in [0.3, 0.4) is 0 Å². The lowest BCUT2D eigenvalue weighted by molar-refractivity contribution is 0.300. The molecule has 1 aromatic rings. The van der Waals surface area contributed by atoms with Crippen molar-refractivity contribution in [2.75, 3.05) is 19.3 Å². The number of hydrogen-bond donors (Lipinski definition) is 1. The number of nitrogens with zero attached hydrogens (tertiary/aromatic N) is 1. The average molecular weight is 379 g/mol. The van der Waals surface area contributed by atoms with Crippen LogP contribution in [0.5, 0.6) is 0 Å². The molecule has 1 aliphatic rings. The summed E-state index contributed by atoms with van der Waals surface area (Å²) in [7, 11) is -2.10. The number of halogens is 2. The zero-order valence-corrected chi connectivity index (χ0v) is 14.4. The van der Waals surface area contributed by atoms with Gasteiger partial charge in [0.1, 0.15) is 5.82 Å². The van der Waals surface area contributed by atoms with Crippen molar-refractivity contribution < 1.29 is 12.8 Å². The van der Waals surface area contributed by atoms with Crippen LogP contribution < -0.4 is 5.73 Å². The molecule has 0 bridgehead atoms. The highest BCUT2D eigenvalue weighted by Gasteiger charge is 2.27. The van der Waals surface area contributed by atoms with Crippen LogP contribution in [0, 0.1) is 11.7 Å². The number of sulfonamides is 1. The fraction of sp³-hybridized carbons (Fsp3) is 0.571. The van der Waals surface area contributed by atoms with Crippen LogP contribution in [-0.4, -0.2) is 26.3 Å². The molecule has 118 valence electrons. The van der Waals surface area contributed by atoms with E-state index in [1.54, 1.807) is 7.05 Å². The number of nitrogens with two attached hydrogens (primary N) is 1. The van der Waals surface area contributed by atoms with E-state index in [1.165, 1.54) is 16.8 Å². The van der Waals surface area contributed by atoms with Gasteiger partial charge in [0.05, 0.1) is 10.6 Å². The Morgan fingerprint density at radius 2 is 1.95 bits per heavy atom. The van der Waals surface area contributed by atoms with Crippen molar-refractivity contribution in [3.63, 3.8) is 0 Å². The highest BCUT2D eigenvalue weighted by molar-refractivity contribution is 9.10. The molecule has 0 saturated heterocycles. The summed E-state index contributed by atoms with van der Waals surface area (Å²) in [5, 5.41) is 0. The minimum atomic E-state index is -3.67. The molecule has 1 aliphatic carbocycles. The molecular formula is C14H20BrFN2O2S. The average Bonchev–Trinajstić information content (AvgIpc) is 2.43. The molecule has 1 aromatic carbocycles. The summed E-state index contributed by atoms with van der Waals surface area (Å²) in [6.07, 6.45) is 5.67. The number of nitrogen functional groups attached to an aromatic ring is 1. The predicted octanol–water partition coefficient (Wildman–Crippen LogP) is 3.37. The van der Waals surface area contributed by atoms with E-state index in [9.17, 15) is 12.8 Å². The maximum absolute atomic E-state index is 13.4. The molecule has 0 aliphatic heterocycles. The highest BCUT2D eigenvalue weighted by Crippen LogP contribution is 2.30. The number of rotatable bonds is 4. The third kappa shape index (κ3) is 3.76.